The fourth-order valence-corrected chi connectivity index (χ4v) is 1.21. The van der Waals surface area contributed by atoms with Gasteiger partial charge in [-0.05, 0) is 40.2 Å². The maximum atomic E-state index is 11.9. The lowest BCUT2D eigenvalue weighted by Gasteiger charge is -2.38. The van der Waals surface area contributed by atoms with Gasteiger partial charge in [0, 0.05) is 18.7 Å². The van der Waals surface area contributed by atoms with Gasteiger partial charge in [0.15, 0.2) is 0 Å². The molecule has 0 atom stereocenters. The van der Waals surface area contributed by atoms with Crippen LogP contribution in [-0.2, 0) is 4.79 Å². The van der Waals surface area contributed by atoms with Gasteiger partial charge in [-0.25, -0.2) is 0 Å². The molecule has 0 aromatic rings. The van der Waals surface area contributed by atoms with Gasteiger partial charge in [-0.1, -0.05) is 0 Å². The van der Waals surface area contributed by atoms with E-state index in [0.29, 0.717) is 0 Å². The van der Waals surface area contributed by atoms with E-state index in [2.05, 4.69) is 10.6 Å². The molecule has 92 valence electrons. The molecule has 1 saturated heterocycles. The van der Waals surface area contributed by atoms with E-state index in [9.17, 15) is 9.90 Å². The lowest BCUT2D eigenvalue weighted by Crippen LogP contribution is -2.58. The molecule has 0 spiro atoms. The summed E-state index contributed by atoms with van der Waals surface area (Å²) in [7, 11) is 0. The Morgan fingerprint density at radius 1 is 1.31 bits per heavy atom. The molecule has 0 aliphatic carbocycles. The Hall–Kier alpha value is -0.870. The van der Waals surface area contributed by atoms with Crippen molar-refractivity contribution in [1.29, 1.82) is 0 Å². The first kappa shape index (κ1) is 13.2. The molecule has 4 nitrogen and oxygen atoms in total. The number of aliphatic hydroxyl groups is 1. The lowest BCUT2D eigenvalue weighted by atomic mass is 9.85. The van der Waals surface area contributed by atoms with Gasteiger partial charge in [0.05, 0.1) is 11.1 Å². The smallest absolute Gasteiger partial charge is 0.247 e. The molecule has 1 rings (SSSR count). The van der Waals surface area contributed by atoms with Gasteiger partial charge in [-0.15, -0.1) is 0 Å². The van der Waals surface area contributed by atoms with Crippen molar-refractivity contribution in [2.75, 3.05) is 13.1 Å². The highest BCUT2D eigenvalue weighted by molar-refractivity contribution is 5.94. The van der Waals surface area contributed by atoms with Crippen LogP contribution in [0.25, 0.3) is 0 Å². The van der Waals surface area contributed by atoms with Crippen LogP contribution in [0, 0.1) is 0 Å². The second kappa shape index (κ2) is 4.18. The first-order valence-electron chi connectivity index (χ1n) is 5.59. The van der Waals surface area contributed by atoms with E-state index < -0.39 is 11.1 Å². The number of nitrogens with one attached hydrogen (secondary N) is 2. The minimum atomic E-state index is -0.953. The summed E-state index contributed by atoms with van der Waals surface area (Å²) in [4.78, 5) is 11.9. The molecule has 0 unspecified atom stereocenters. The molecule has 1 amide bonds. The third kappa shape index (κ3) is 2.62. The summed E-state index contributed by atoms with van der Waals surface area (Å²) in [5.41, 5.74) is 0.300. The standard InChI is InChI=1S/C12H22N2O2/c1-8(9-6-13-7-9)10(15)14-11(2,3)12(4,5)16/h13,16H,6-7H2,1-5H3,(H,14,15). The summed E-state index contributed by atoms with van der Waals surface area (Å²) in [5, 5.41) is 15.9. The molecule has 0 aromatic heterocycles. The van der Waals surface area contributed by atoms with Crippen molar-refractivity contribution in [2.24, 2.45) is 0 Å². The van der Waals surface area contributed by atoms with Crippen LogP contribution in [0.2, 0.25) is 0 Å². The Morgan fingerprint density at radius 3 is 2.12 bits per heavy atom. The normalized spacial score (nSPS) is 16.8. The van der Waals surface area contributed by atoms with Gasteiger partial charge in [0.2, 0.25) is 5.91 Å². The predicted molar refractivity (Wildman–Crippen MR) is 64.1 cm³/mol. The van der Waals surface area contributed by atoms with Gasteiger partial charge in [-0.3, -0.25) is 4.79 Å². The van der Waals surface area contributed by atoms with Gasteiger partial charge >= 0.3 is 0 Å². The largest absolute Gasteiger partial charge is 0.388 e. The maximum Gasteiger partial charge on any atom is 0.247 e. The van der Waals surface area contributed by atoms with Crippen molar-refractivity contribution in [3.63, 3.8) is 0 Å². The van der Waals surface area contributed by atoms with Crippen LogP contribution in [0.1, 0.15) is 34.6 Å². The number of rotatable bonds is 3. The Bertz CT molecular complexity index is 318. The molecule has 0 saturated carbocycles. The second-order valence-corrected chi connectivity index (χ2v) is 5.47. The van der Waals surface area contributed by atoms with E-state index in [1.165, 1.54) is 0 Å². The Kier molecular flexibility index (Phi) is 3.45. The van der Waals surface area contributed by atoms with Gasteiger partial charge < -0.3 is 15.7 Å². The van der Waals surface area contributed by atoms with Crippen LogP contribution < -0.4 is 10.6 Å². The molecule has 1 heterocycles. The molecular weight excluding hydrogens is 204 g/mol. The molecule has 3 N–H and O–H groups in total. The lowest BCUT2D eigenvalue weighted by molar-refractivity contribution is -0.122. The predicted octanol–water partition coefficient (Wildman–Crippen LogP) is 0.572. The molecule has 0 radical (unpaired) electrons. The Morgan fingerprint density at radius 2 is 1.81 bits per heavy atom. The molecule has 1 fully saturated rings. The highest BCUT2D eigenvalue weighted by Gasteiger charge is 2.36. The minimum Gasteiger partial charge on any atom is -0.388 e. The van der Waals surface area contributed by atoms with Crippen molar-refractivity contribution in [1.82, 2.24) is 10.6 Å². The fraction of sp³-hybridized carbons (Fsp3) is 0.750. The molecule has 0 aromatic carbocycles. The summed E-state index contributed by atoms with van der Waals surface area (Å²) in [6, 6.07) is 0. The average Bonchev–Trinajstić information content (AvgIpc) is 1.97. The van der Waals surface area contributed by atoms with Crippen molar-refractivity contribution < 1.29 is 9.90 Å². The van der Waals surface area contributed by atoms with E-state index in [4.69, 9.17) is 0 Å². The minimum absolute atomic E-state index is 0.0939. The van der Waals surface area contributed by atoms with Crippen molar-refractivity contribution in [3.05, 3.63) is 11.1 Å². The zero-order valence-electron chi connectivity index (χ0n) is 10.8. The van der Waals surface area contributed by atoms with Crippen LogP contribution in [-0.4, -0.2) is 35.2 Å². The third-order valence-electron chi connectivity index (χ3n) is 3.50. The molecule has 0 bridgehead atoms. The quantitative estimate of drug-likeness (QED) is 0.617. The highest BCUT2D eigenvalue weighted by Crippen LogP contribution is 2.21. The maximum absolute atomic E-state index is 11.9. The number of carbonyl (C=O) groups is 1. The van der Waals surface area contributed by atoms with Gasteiger partial charge in [0.1, 0.15) is 0 Å². The number of amides is 1. The van der Waals surface area contributed by atoms with Crippen LogP contribution in [0.5, 0.6) is 0 Å². The molecular formula is C12H22N2O2. The molecule has 1 aliphatic rings. The Balaban J connectivity index is 2.71. The first-order chi connectivity index (χ1) is 7.15. The fourth-order valence-electron chi connectivity index (χ4n) is 1.21. The van der Waals surface area contributed by atoms with Crippen LogP contribution >= 0.6 is 0 Å². The SMILES string of the molecule is CC(C(=O)NC(C)(C)C(C)(C)O)=C1CNC1. The zero-order chi connectivity index (χ0) is 12.6. The summed E-state index contributed by atoms with van der Waals surface area (Å²) in [5.74, 6) is -0.0939. The van der Waals surface area contributed by atoms with Crippen LogP contribution in [0.15, 0.2) is 11.1 Å². The number of hydrogen-bond donors (Lipinski definition) is 3. The molecule has 4 heteroatoms. The van der Waals surface area contributed by atoms with E-state index in [-0.39, 0.29) is 5.91 Å². The highest BCUT2D eigenvalue weighted by atomic mass is 16.3. The molecule has 16 heavy (non-hydrogen) atoms. The van der Waals surface area contributed by atoms with Crippen LogP contribution in [0.3, 0.4) is 0 Å². The van der Waals surface area contributed by atoms with Gasteiger partial charge in [-0.2, -0.15) is 0 Å². The van der Waals surface area contributed by atoms with E-state index >= 15 is 0 Å². The van der Waals surface area contributed by atoms with E-state index in [1.54, 1.807) is 13.8 Å². The second-order valence-electron chi connectivity index (χ2n) is 5.47. The topological polar surface area (TPSA) is 61.4 Å². The third-order valence-corrected chi connectivity index (χ3v) is 3.50. The van der Waals surface area contributed by atoms with Crippen LogP contribution in [0.4, 0.5) is 0 Å². The van der Waals surface area contributed by atoms with E-state index in [0.717, 1.165) is 24.2 Å². The Labute approximate surface area is 97.1 Å². The number of carbonyl (C=O) groups excluding carboxylic acids is 1. The van der Waals surface area contributed by atoms with Crippen molar-refractivity contribution >= 4 is 5.91 Å². The van der Waals surface area contributed by atoms with Crippen molar-refractivity contribution in [3.8, 4) is 0 Å². The van der Waals surface area contributed by atoms with E-state index in [1.807, 2.05) is 20.8 Å². The summed E-state index contributed by atoms with van der Waals surface area (Å²) in [6.07, 6.45) is 0. The summed E-state index contributed by atoms with van der Waals surface area (Å²) >= 11 is 0. The molecule has 1 aliphatic heterocycles. The monoisotopic (exact) mass is 226 g/mol. The number of hydrogen-bond acceptors (Lipinski definition) is 3. The summed E-state index contributed by atoms with van der Waals surface area (Å²) in [6.45, 7) is 10.4. The summed E-state index contributed by atoms with van der Waals surface area (Å²) < 4.78 is 0. The van der Waals surface area contributed by atoms with Gasteiger partial charge in [0.25, 0.3) is 0 Å². The first-order valence-corrected chi connectivity index (χ1v) is 5.59. The van der Waals surface area contributed by atoms with Crippen molar-refractivity contribution in [2.45, 2.75) is 45.8 Å². The zero-order valence-corrected chi connectivity index (χ0v) is 10.8. The average molecular weight is 226 g/mol.